The molecule has 2 aromatic rings. The highest BCUT2D eigenvalue weighted by atomic mass is 35.5. The van der Waals surface area contributed by atoms with E-state index in [1.807, 2.05) is 12.1 Å². The molecule has 0 spiro atoms. The van der Waals surface area contributed by atoms with Crippen molar-refractivity contribution in [2.24, 2.45) is 11.8 Å². The van der Waals surface area contributed by atoms with Gasteiger partial charge in [0.05, 0.1) is 0 Å². The standard InChI is InChI=1S/C24H32N2O.ClH/c1-19(22-13-8-14-25-17-22)15-24(27)26-18-23(21-11-6-3-7-12-21)16-20-9-4-2-5-10-20;/h2-7,9-12,19,22-23,25H,8,13-18H2,1H3,(H,26,27);1H. The Labute approximate surface area is 175 Å². The molecule has 28 heavy (non-hydrogen) atoms. The zero-order valence-corrected chi connectivity index (χ0v) is 17.6. The SMILES string of the molecule is CC(CC(=O)NCC(Cc1ccccc1)c1ccccc1)C1CCCNC1.Cl. The topological polar surface area (TPSA) is 41.1 Å². The molecule has 152 valence electrons. The molecule has 0 radical (unpaired) electrons. The summed E-state index contributed by atoms with van der Waals surface area (Å²) in [6.45, 7) is 5.08. The smallest absolute Gasteiger partial charge is 0.220 e. The van der Waals surface area contributed by atoms with Crippen LogP contribution in [0, 0.1) is 11.8 Å². The summed E-state index contributed by atoms with van der Waals surface area (Å²) in [4.78, 5) is 12.6. The molecule has 4 heteroatoms. The van der Waals surface area contributed by atoms with E-state index in [0.29, 0.717) is 30.7 Å². The van der Waals surface area contributed by atoms with Crippen LogP contribution < -0.4 is 10.6 Å². The molecule has 0 aliphatic carbocycles. The summed E-state index contributed by atoms with van der Waals surface area (Å²) in [6, 6.07) is 21.1. The average molecular weight is 401 g/mol. The van der Waals surface area contributed by atoms with Gasteiger partial charge in [0.25, 0.3) is 0 Å². The number of carbonyl (C=O) groups excluding carboxylic acids is 1. The van der Waals surface area contributed by atoms with Crippen molar-refractivity contribution in [1.29, 1.82) is 0 Å². The van der Waals surface area contributed by atoms with E-state index in [-0.39, 0.29) is 18.3 Å². The van der Waals surface area contributed by atoms with Crippen LogP contribution in [0.15, 0.2) is 60.7 Å². The number of piperidine rings is 1. The lowest BCUT2D eigenvalue weighted by Gasteiger charge is -2.28. The van der Waals surface area contributed by atoms with Gasteiger partial charge in [-0.15, -0.1) is 12.4 Å². The normalized spacial score (nSPS) is 18.5. The molecule has 1 aliphatic rings. The molecular formula is C24H33ClN2O. The lowest BCUT2D eigenvalue weighted by atomic mass is 9.85. The van der Waals surface area contributed by atoms with Gasteiger partial charge in [0.15, 0.2) is 0 Å². The van der Waals surface area contributed by atoms with E-state index >= 15 is 0 Å². The summed E-state index contributed by atoms with van der Waals surface area (Å²) in [5.41, 5.74) is 2.59. The van der Waals surface area contributed by atoms with Gasteiger partial charge in [0.2, 0.25) is 5.91 Å². The van der Waals surface area contributed by atoms with Crippen molar-refractivity contribution < 1.29 is 4.79 Å². The van der Waals surface area contributed by atoms with E-state index in [1.54, 1.807) is 0 Å². The van der Waals surface area contributed by atoms with Crippen LogP contribution in [0.3, 0.4) is 0 Å². The fraction of sp³-hybridized carbons (Fsp3) is 0.458. The first-order chi connectivity index (χ1) is 13.2. The van der Waals surface area contributed by atoms with E-state index in [9.17, 15) is 4.79 Å². The first-order valence-electron chi connectivity index (χ1n) is 10.3. The minimum Gasteiger partial charge on any atom is -0.355 e. The molecule has 1 fully saturated rings. The predicted octanol–water partition coefficient (Wildman–Crippen LogP) is 4.58. The second kappa shape index (κ2) is 11.9. The number of hydrogen-bond acceptors (Lipinski definition) is 2. The van der Waals surface area contributed by atoms with Gasteiger partial charge in [-0.1, -0.05) is 67.6 Å². The highest BCUT2D eigenvalue weighted by Gasteiger charge is 2.22. The Balaban J connectivity index is 0.00000280. The van der Waals surface area contributed by atoms with Crippen LogP contribution in [0.2, 0.25) is 0 Å². The van der Waals surface area contributed by atoms with E-state index < -0.39 is 0 Å². The summed E-state index contributed by atoms with van der Waals surface area (Å²) < 4.78 is 0. The molecule has 0 bridgehead atoms. The number of halogens is 1. The third kappa shape index (κ3) is 6.96. The lowest BCUT2D eigenvalue weighted by Crippen LogP contribution is -2.36. The zero-order chi connectivity index (χ0) is 18.9. The molecule has 3 nitrogen and oxygen atoms in total. The van der Waals surface area contributed by atoms with Crippen molar-refractivity contribution in [1.82, 2.24) is 10.6 Å². The van der Waals surface area contributed by atoms with Gasteiger partial charge in [-0.3, -0.25) is 4.79 Å². The molecule has 3 unspecified atom stereocenters. The van der Waals surface area contributed by atoms with Crippen LogP contribution in [0.5, 0.6) is 0 Å². The minimum atomic E-state index is 0. The second-order valence-electron chi connectivity index (χ2n) is 7.89. The van der Waals surface area contributed by atoms with Crippen molar-refractivity contribution in [2.75, 3.05) is 19.6 Å². The van der Waals surface area contributed by atoms with Crippen molar-refractivity contribution in [2.45, 2.75) is 38.5 Å². The molecular weight excluding hydrogens is 368 g/mol. The molecule has 0 saturated carbocycles. The third-order valence-electron chi connectivity index (χ3n) is 5.79. The van der Waals surface area contributed by atoms with Gasteiger partial charge in [-0.05, 0) is 55.3 Å². The predicted molar refractivity (Wildman–Crippen MR) is 119 cm³/mol. The van der Waals surface area contributed by atoms with Gasteiger partial charge in [0, 0.05) is 18.9 Å². The van der Waals surface area contributed by atoms with Crippen LogP contribution in [0.1, 0.15) is 43.2 Å². The van der Waals surface area contributed by atoms with E-state index in [4.69, 9.17) is 0 Å². The lowest BCUT2D eigenvalue weighted by molar-refractivity contribution is -0.122. The number of rotatable bonds is 8. The number of nitrogens with one attached hydrogen (secondary N) is 2. The zero-order valence-electron chi connectivity index (χ0n) is 16.8. The maximum Gasteiger partial charge on any atom is 0.220 e. The first-order valence-corrected chi connectivity index (χ1v) is 10.3. The van der Waals surface area contributed by atoms with Gasteiger partial charge in [-0.25, -0.2) is 0 Å². The number of carbonyl (C=O) groups is 1. The van der Waals surface area contributed by atoms with Crippen molar-refractivity contribution in [3.8, 4) is 0 Å². The molecule has 1 saturated heterocycles. The Hall–Kier alpha value is -1.84. The van der Waals surface area contributed by atoms with Crippen molar-refractivity contribution in [3.63, 3.8) is 0 Å². The quantitative estimate of drug-likeness (QED) is 0.681. The largest absolute Gasteiger partial charge is 0.355 e. The Kier molecular flexibility index (Phi) is 9.52. The van der Waals surface area contributed by atoms with Crippen LogP contribution in [0.25, 0.3) is 0 Å². The van der Waals surface area contributed by atoms with Crippen LogP contribution in [-0.2, 0) is 11.2 Å². The summed E-state index contributed by atoms with van der Waals surface area (Å²) >= 11 is 0. The Morgan fingerprint density at radius 1 is 1.11 bits per heavy atom. The number of amides is 1. The molecule has 3 atom stereocenters. The van der Waals surface area contributed by atoms with Gasteiger partial charge >= 0.3 is 0 Å². The molecule has 1 heterocycles. The summed E-state index contributed by atoms with van der Waals surface area (Å²) in [5, 5.41) is 6.67. The third-order valence-corrected chi connectivity index (χ3v) is 5.79. The van der Waals surface area contributed by atoms with Crippen LogP contribution >= 0.6 is 12.4 Å². The van der Waals surface area contributed by atoms with E-state index in [1.165, 1.54) is 24.0 Å². The molecule has 3 rings (SSSR count). The molecule has 1 amide bonds. The average Bonchev–Trinajstić information content (AvgIpc) is 2.73. The fourth-order valence-electron chi connectivity index (χ4n) is 4.06. The van der Waals surface area contributed by atoms with Crippen molar-refractivity contribution >= 4 is 18.3 Å². The Morgan fingerprint density at radius 2 is 1.79 bits per heavy atom. The second-order valence-corrected chi connectivity index (χ2v) is 7.89. The van der Waals surface area contributed by atoms with Gasteiger partial charge in [0.1, 0.15) is 0 Å². The summed E-state index contributed by atoms with van der Waals surface area (Å²) in [6.07, 6.45) is 4.03. The highest BCUT2D eigenvalue weighted by Crippen LogP contribution is 2.23. The fourth-order valence-corrected chi connectivity index (χ4v) is 4.06. The molecule has 0 aromatic heterocycles. The Bertz CT molecular complexity index is 686. The van der Waals surface area contributed by atoms with Crippen LogP contribution in [-0.4, -0.2) is 25.5 Å². The van der Waals surface area contributed by atoms with Gasteiger partial charge < -0.3 is 10.6 Å². The first kappa shape index (κ1) is 22.4. The molecule has 1 aliphatic heterocycles. The minimum absolute atomic E-state index is 0. The molecule has 2 N–H and O–H groups in total. The number of benzene rings is 2. The van der Waals surface area contributed by atoms with Crippen molar-refractivity contribution in [3.05, 3.63) is 71.8 Å². The number of hydrogen-bond donors (Lipinski definition) is 2. The Morgan fingerprint density at radius 3 is 2.43 bits per heavy atom. The van der Waals surface area contributed by atoms with E-state index in [0.717, 1.165) is 19.5 Å². The maximum absolute atomic E-state index is 12.6. The summed E-state index contributed by atoms with van der Waals surface area (Å²) in [5.74, 6) is 1.53. The molecule has 2 aromatic carbocycles. The van der Waals surface area contributed by atoms with Gasteiger partial charge in [-0.2, -0.15) is 0 Å². The van der Waals surface area contributed by atoms with Crippen LogP contribution in [0.4, 0.5) is 0 Å². The van der Waals surface area contributed by atoms with E-state index in [2.05, 4.69) is 66.1 Å². The monoisotopic (exact) mass is 400 g/mol. The maximum atomic E-state index is 12.6. The highest BCUT2D eigenvalue weighted by molar-refractivity contribution is 5.85. The summed E-state index contributed by atoms with van der Waals surface area (Å²) in [7, 11) is 0.